The number of anilines is 1. The molecule has 1 aromatic carbocycles. The van der Waals surface area contributed by atoms with Crippen LogP contribution in [0.3, 0.4) is 0 Å². The molecule has 4 heteroatoms. The number of nitrogens with one attached hydrogen (secondary N) is 1. The van der Waals surface area contributed by atoms with E-state index >= 15 is 0 Å². The van der Waals surface area contributed by atoms with Crippen LogP contribution in [-0.4, -0.2) is 9.55 Å². The lowest BCUT2D eigenvalue weighted by atomic mass is 9.93. The molecule has 0 spiro atoms. The van der Waals surface area contributed by atoms with Gasteiger partial charge in [0.2, 0.25) is 5.95 Å². The van der Waals surface area contributed by atoms with Crippen molar-refractivity contribution in [3.8, 4) is 0 Å². The van der Waals surface area contributed by atoms with Crippen molar-refractivity contribution in [1.82, 2.24) is 9.55 Å². The fourth-order valence-corrected chi connectivity index (χ4v) is 2.53. The van der Waals surface area contributed by atoms with E-state index in [-0.39, 0.29) is 17.3 Å². The summed E-state index contributed by atoms with van der Waals surface area (Å²) in [4.78, 5) is 4.68. The zero-order valence-corrected chi connectivity index (χ0v) is 12.2. The number of hydrogen-bond acceptors (Lipinski definition) is 2. The lowest BCUT2D eigenvalue weighted by Gasteiger charge is -2.25. The Balaban J connectivity index is 1.87. The zero-order chi connectivity index (χ0) is 14.3. The molecule has 0 radical (unpaired) electrons. The van der Waals surface area contributed by atoms with Gasteiger partial charge in [0, 0.05) is 18.2 Å². The number of benzene rings is 1. The Morgan fingerprint density at radius 1 is 1.35 bits per heavy atom. The average molecular weight is 273 g/mol. The van der Waals surface area contributed by atoms with E-state index in [4.69, 9.17) is 0 Å². The van der Waals surface area contributed by atoms with Gasteiger partial charge in [-0.05, 0) is 24.1 Å². The standard InChI is InChI=1S/C16H20FN3/c1-16(2,3)14-10-20-8-7-13(18-15(20)19-14)11-5-4-6-12(17)9-11/h4-6,9-10,13H,7-8H2,1-3H3,(H,18,19). The predicted octanol–water partition coefficient (Wildman–Crippen LogP) is 3.88. The molecule has 1 N–H and O–H groups in total. The summed E-state index contributed by atoms with van der Waals surface area (Å²) in [5, 5.41) is 3.42. The number of nitrogens with zero attached hydrogens (tertiary/aromatic N) is 2. The molecule has 0 amide bonds. The second-order valence-corrected chi connectivity index (χ2v) is 6.43. The number of imidazole rings is 1. The Morgan fingerprint density at radius 2 is 2.15 bits per heavy atom. The van der Waals surface area contributed by atoms with Crippen LogP contribution in [0.1, 0.15) is 44.5 Å². The number of hydrogen-bond donors (Lipinski definition) is 1. The monoisotopic (exact) mass is 273 g/mol. The topological polar surface area (TPSA) is 29.9 Å². The van der Waals surface area contributed by atoms with Crippen molar-refractivity contribution in [2.24, 2.45) is 0 Å². The van der Waals surface area contributed by atoms with Crippen LogP contribution in [-0.2, 0) is 12.0 Å². The van der Waals surface area contributed by atoms with Gasteiger partial charge >= 0.3 is 0 Å². The summed E-state index contributed by atoms with van der Waals surface area (Å²) in [5.41, 5.74) is 2.11. The van der Waals surface area contributed by atoms with Crippen LogP contribution in [0.2, 0.25) is 0 Å². The fourth-order valence-electron chi connectivity index (χ4n) is 2.53. The zero-order valence-electron chi connectivity index (χ0n) is 12.2. The van der Waals surface area contributed by atoms with Gasteiger partial charge in [0.25, 0.3) is 0 Å². The molecule has 1 aromatic heterocycles. The number of aryl methyl sites for hydroxylation is 1. The second kappa shape index (κ2) is 4.62. The molecule has 1 aliphatic heterocycles. The molecular formula is C16H20FN3. The minimum Gasteiger partial charge on any atom is -0.349 e. The van der Waals surface area contributed by atoms with Crippen molar-refractivity contribution >= 4 is 5.95 Å². The van der Waals surface area contributed by atoms with Gasteiger partial charge in [0.05, 0.1) is 11.7 Å². The van der Waals surface area contributed by atoms with Crippen molar-refractivity contribution in [2.75, 3.05) is 5.32 Å². The van der Waals surface area contributed by atoms with Gasteiger partial charge in [-0.1, -0.05) is 32.9 Å². The Hall–Kier alpha value is -1.84. The lowest BCUT2D eigenvalue weighted by Crippen LogP contribution is -2.21. The van der Waals surface area contributed by atoms with Crippen molar-refractivity contribution in [1.29, 1.82) is 0 Å². The van der Waals surface area contributed by atoms with E-state index in [0.29, 0.717) is 0 Å². The summed E-state index contributed by atoms with van der Waals surface area (Å²) < 4.78 is 15.5. The number of rotatable bonds is 1. The molecule has 0 fully saturated rings. The largest absolute Gasteiger partial charge is 0.349 e. The molecule has 1 atom stereocenters. The van der Waals surface area contributed by atoms with Crippen LogP contribution >= 0.6 is 0 Å². The SMILES string of the molecule is CC(C)(C)c1cn2c(n1)NC(c1cccc(F)c1)CC2. The highest BCUT2D eigenvalue weighted by Crippen LogP contribution is 2.31. The van der Waals surface area contributed by atoms with Crippen LogP contribution < -0.4 is 5.32 Å². The van der Waals surface area contributed by atoms with Crippen LogP contribution in [0.5, 0.6) is 0 Å². The van der Waals surface area contributed by atoms with Gasteiger partial charge in [-0.15, -0.1) is 0 Å². The Morgan fingerprint density at radius 3 is 2.85 bits per heavy atom. The first-order valence-corrected chi connectivity index (χ1v) is 7.03. The fraction of sp³-hybridized carbons (Fsp3) is 0.438. The summed E-state index contributed by atoms with van der Waals surface area (Å²) in [5.74, 6) is 0.698. The maximum atomic E-state index is 13.3. The highest BCUT2D eigenvalue weighted by atomic mass is 19.1. The third-order valence-electron chi connectivity index (χ3n) is 3.76. The van der Waals surface area contributed by atoms with Crippen LogP contribution in [0.4, 0.5) is 10.3 Å². The third kappa shape index (κ3) is 2.42. The summed E-state index contributed by atoms with van der Waals surface area (Å²) in [6, 6.07) is 6.93. The molecule has 0 saturated heterocycles. The summed E-state index contributed by atoms with van der Waals surface area (Å²) in [6.45, 7) is 7.38. The molecule has 2 aromatic rings. The minimum absolute atomic E-state index is 0.0420. The highest BCUT2D eigenvalue weighted by molar-refractivity contribution is 5.38. The first-order chi connectivity index (χ1) is 9.43. The van der Waals surface area contributed by atoms with Crippen LogP contribution in [0.25, 0.3) is 0 Å². The number of halogens is 1. The Bertz CT molecular complexity index is 625. The van der Waals surface area contributed by atoms with Gasteiger partial charge in [0.15, 0.2) is 0 Å². The molecule has 3 nitrogen and oxygen atoms in total. The molecule has 1 unspecified atom stereocenters. The van der Waals surface area contributed by atoms with E-state index in [0.717, 1.165) is 30.2 Å². The molecule has 0 aliphatic carbocycles. The average Bonchev–Trinajstić information content (AvgIpc) is 2.81. The first-order valence-electron chi connectivity index (χ1n) is 7.03. The van der Waals surface area contributed by atoms with E-state index in [1.165, 1.54) is 6.07 Å². The van der Waals surface area contributed by atoms with Crippen molar-refractivity contribution in [2.45, 2.75) is 45.2 Å². The molecule has 106 valence electrons. The summed E-state index contributed by atoms with van der Waals surface area (Å²) in [7, 11) is 0. The van der Waals surface area contributed by atoms with Gasteiger partial charge < -0.3 is 9.88 Å². The van der Waals surface area contributed by atoms with Crippen molar-refractivity contribution < 1.29 is 4.39 Å². The van der Waals surface area contributed by atoms with Gasteiger partial charge in [-0.25, -0.2) is 9.37 Å². The predicted molar refractivity (Wildman–Crippen MR) is 78.3 cm³/mol. The normalized spacial score (nSPS) is 18.5. The molecule has 20 heavy (non-hydrogen) atoms. The molecule has 1 aliphatic rings. The minimum atomic E-state index is -0.186. The quantitative estimate of drug-likeness (QED) is 0.854. The number of fused-ring (bicyclic) bond motifs is 1. The van der Waals surface area contributed by atoms with Gasteiger partial charge in [-0.3, -0.25) is 0 Å². The van der Waals surface area contributed by atoms with E-state index < -0.39 is 0 Å². The molecular weight excluding hydrogens is 253 g/mol. The molecule has 3 rings (SSSR count). The van der Waals surface area contributed by atoms with Crippen molar-refractivity contribution in [3.63, 3.8) is 0 Å². The molecule has 0 saturated carbocycles. The van der Waals surface area contributed by atoms with E-state index in [1.54, 1.807) is 12.1 Å². The van der Waals surface area contributed by atoms with Crippen LogP contribution in [0, 0.1) is 5.82 Å². The third-order valence-corrected chi connectivity index (χ3v) is 3.76. The second-order valence-electron chi connectivity index (χ2n) is 6.43. The smallest absolute Gasteiger partial charge is 0.203 e. The van der Waals surface area contributed by atoms with E-state index in [9.17, 15) is 4.39 Å². The Kier molecular flexibility index (Phi) is 3.04. The van der Waals surface area contributed by atoms with Crippen LogP contribution in [0.15, 0.2) is 30.5 Å². The molecule has 2 heterocycles. The summed E-state index contributed by atoms with van der Waals surface area (Å²) in [6.07, 6.45) is 3.06. The maximum absolute atomic E-state index is 13.3. The maximum Gasteiger partial charge on any atom is 0.203 e. The lowest BCUT2D eigenvalue weighted by molar-refractivity contribution is 0.537. The van der Waals surface area contributed by atoms with E-state index in [1.807, 2.05) is 6.07 Å². The molecule has 0 bridgehead atoms. The van der Waals surface area contributed by atoms with Gasteiger partial charge in [-0.2, -0.15) is 0 Å². The first kappa shape index (κ1) is 13.2. The van der Waals surface area contributed by atoms with Crippen molar-refractivity contribution in [3.05, 3.63) is 47.5 Å². The number of aromatic nitrogens is 2. The van der Waals surface area contributed by atoms with E-state index in [2.05, 4.69) is 41.8 Å². The highest BCUT2D eigenvalue weighted by Gasteiger charge is 2.25. The Labute approximate surface area is 118 Å². The summed E-state index contributed by atoms with van der Waals surface area (Å²) >= 11 is 0. The van der Waals surface area contributed by atoms with Gasteiger partial charge in [0.1, 0.15) is 5.82 Å².